The summed E-state index contributed by atoms with van der Waals surface area (Å²) < 4.78 is 16.4. The zero-order chi connectivity index (χ0) is 14.4. The molecule has 0 aliphatic rings. The van der Waals surface area contributed by atoms with Gasteiger partial charge in [0.2, 0.25) is 0 Å². The van der Waals surface area contributed by atoms with Crippen LogP contribution in [0.5, 0.6) is 0 Å². The van der Waals surface area contributed by atoms with Crippen LogP contribution in [0.25, 0.3) is 16.7 Å². The molecule has 0 bridgehead atoms. The molecule has 102 valence electrons. The van der Waals surface area contributed by atoms with Crippen LogP contribution in [0.2, 0.25) is 5.02 Å². The summed E-state index contributed by atoms with van der Waals surface area (Å²) in [5.41, 5.74) is 3.19. The highest BCUT2D eigenvalue weighted by atomic mass is 79.9. The fourth-order valence-corrected chi connectivity index (χ4v) is 3.10. The second-order valence-corrected chi connectivity index (χ2v) is 6.15. The van der Waals surface area contributed by atoms with Crippen molar-refractivity contribution in [3.63, 3.8) is 0 Å². The highest BCUT2D eigenvalue weighted by molar-refractivity contribution is 9.10. The van der Waals surface area contributed by atoms with E-state index in [1.54, 1.807) is 10.6 Å². The largest absolute Gasteiger partial charge is 0.330 e. The number of nitrogens with one attached hydrogen (secondary N) is 1. The first kappa shape index (κ1) is 13.8. The molecular weight excluding hydrogens is 363 g/mol. The van der Waals surface area contributed by atoms with Crippen LogP contribution in [0.15, 0.2) is 34.8 Å². The molecule has 0 atom stereocenters. The number of aromatic amines is 1. The third-order valence-corrected chi connectivity index (χ3v) is 4.26. The van der Waals surface area contributed by atoms with Gasteiger partial charge in [0.15, 0.2) is 4.77 Å². The van der Waals surface area contributed by atoms with E-state index >= 15 is 0 Å². The molecule has 2 nitrogen and oxygen atoms in total. The van der Waals surface area contributed by atoms with Crippen molar-refractivity contribution < 1.29 is 4.39 Å². The normalized spacial score (nSPS) is 11.2. The van der Waals surface area contributed by atoms with Crippen molar-refractivity contribution in [1.82, 2.24) is 9.55 Å². The summed E-state index contributed by atoms with van der Waals surface area (Å²) in [6.45, 7) is 1.96. The zero-order valence-electron chi connectivity index (χ0n) is 10.4. The predicted molar refractivity (Wildman–Crippen MR) is 85.9 cm³/mol. The van der Waals surface area contributed by atoms with E-state index < -0.39 is 0 Å². The molecule has 0 saturated carbocycles. The molecule has 0 amide bonds. The Morgan fingerprint density at radius 1 is 1.30 bits per heavy atom. The summed E-state index contributed by atoms with van der Waals surface area (Å²) in [5.74, 6) is -0.344. The summed E-state index contributed by atoms with van der Waals surface area (Å²) in [6.07, 6.45) is 0. The number of nitrogens with zero attached hydrogens (tertiary/aromatic N) is 1. The summed E-state index contributed by atoms with van der Waals surface area (Å²) in [4.78, 5) is 3.06. The molecule has 1 N–H and O–H groups in total. The van der Waals surface area contributed by atoms with E-state index in [1.807, 2.05) is 25.1 Å². The van der Waals surface area contributed by atoms with Crippen LogP contribution in [-0.4, -0.2) is 9.55 Å². The fourth-order valence-electron chi connectivity index (χ4n) is 2.13. The quantitative estimate of drug-likeness (QED) is 0.556. The van der Waals surface area contributed by atoms with Crippen LogP contribution in [0.3, 0.4) is 0 Å². The average molecular weight is 372 g/mol. The number of hydrogen-bond acceptors (Lipinski definition) is 1. The van der Waals surface area contributed by atoms with Gasteiger partial charge in [-0.1, -0.05) is 17.7 Å². The van der Waals surface area contributed by atoms with Gasteiger partial charge in [-0.15, -0.1) is 0 Å². The third-order valence-electron chi connectivity index (χ3n) is 3.07. The lowest BCUT2D eigenvalue weighted by Gasteiger charge is -2.08. The SMILES string of the molecule is Cc1ccc(-n2c(=S)[nH]c3cc(Br)c(F)cc32)c(Cl)c1. The van der Waals surface area contributed by atoms with Crippen LogP contribution >= 0.6 is 39.7 Å². The topological polar surface area (TPSA) is 20.7 Å². The van der Waals surface area contributed by atoms with Gasteiger partial charge >= 0.3 is 0 Å². The van der Waals surface area contributed by atoms with Crippen LogP contribution in [0.1, 0.15) is 5.56 Å². The minimum absolute atomic E-state index is 0.344. The first-order chi connectivity index (χ1) is 9.47. The minimum Gasteiger partial charge on any atom is -0.330 e. The van der Waals surface area contributed by atoms with Gasteiger partial charge < -0.3 is 4.98 Å². The van der Waals surface area contributed by atoms with Gasteiger partial charge in [-0.25, -0.2) is 4.39 Å². The first-order valence-corrected chi connectivity index (χ1v) is 7.41. The Balaban J connectivity index is 2.39. The lowest BCUT2D eigenvalue weighted by Crippen LogP contribution is -1.96. The van der Waals surface area contributed by atoms with Crippen molar-refractivity contribution in [2.45, 2.75) is 6.92 Å². The van der Waals surface area contributed by atoms with Crippen molar-refractivity contribution in [1.29, 1.82) is 0 Å². The van der Waals surface area contributed by atoms with Gasteiger partial charge in [0.05, 0.1) is 26.2 Å². The summed E-state index contributed by atoms with van der Waals surface area (Å²) in [7, 11) is 0. The molecule has 0 aliphatic carbocycles. The maximum Gasteiger partial charge on any atom is 0.182 e. The molecular formula is C14H9BrClFN2S. The van der Waals surface area contributed by atoms with Crippen LogP contribution in [0, 0.1) is 17.5 Å². The Kier molecular flexibility index (Phi) is 3.44. The molecule has 0 fully saturated rings. The number of hydrogen-bond donors (Lipinski definition) is 1. The lowest BCUT2D eigenvalue weighted by molar-refractivity contribution is 0.622. The van der Waals surface area contributed by atoms with Gasteiger partial charge in [-0.3, -0.25) is 4.57 Å². The van der Waals surface area contributed by atoms with Gasteiger partial charge in [0.1, 0.15) is 5.82 Å². The van der Waals surface area contributed by atoms with Gasteiger partial charge in [0, 0.05) is 6.07 Å². The highest BCUT2D eigenvalue weighted by Crippen LogP contribution is 2.29. The Morgan fingerprint density at radius 2 is 2.05 bits per heavy atom. The zero-order valence-corrected chi connectivity index (χ0v) is 13.5. The summed E-state index contributed by atoms with van der Waals surface area (Å²) in [6, 6.07) is 8.77. The number of halogens is 3. The summed E-state index contributed by atoms with van der Waals surface area (Å²) >= 11 is 14.8. The van der Waals surface area contributed by atoms with E-state index in [0.29, 0.717) is 19.8 Å². The molecule has 3 rings (SSSR count). The number of benzene rings is 2. The number of aryl methyl sites for hydroxylation is 1. The molecule has 3 aromatic rings. The predicted octanol–water partition coefficient (Wildman–Crippen LogP) is 5.55. The average Bonchev–Trinajstić information content (AvgIpc) is 2.66. The van der Waals surface area contributed by atoms with Crippen LogP contribution in [0.4, 0.5) is 4.39 Å². The maximum absolute atomic E-state index is 13.8. The second-order valence-electron chi connectivity index (χ2n) is 4.50. The van der Waals surface area contributed by atoms with Gasteiger partial charge in [-0.2, -0.15) is 0 Å². The van der Waals surface area contributed by atoms with Crippen LogP contribution in [-0.2, 0) is 0 Å². The van der Waals surface area contributed by atoms with Crippen molar-refractivity contribution in [3.8, 4) is 5.69 Å². The number of rotatable bonds is 1. The summed E-state index contributed by atoms with van der Waals surface area (Å²) in [5, 5.41) is 0.574. The van der Waals surface area contributed by atoms with Crippen molar-refractivity contribution >= 4 is 50.8 Å². The molecule has 0 radical (unpaired) electrons. The Hall–Kier alpha value is -1.17. The molecule has 0 spiro atoms. The lowest BCUT2D eigenvalue weighted by atomic mass is 10.2. The van der Waals surface area contributed by atoms with Gasteiger partial charge in [0.25, 0.3) is 0 Å². The monoisotopic (exact) mass is 370 g/mol. The Bertz CT molecular complexity index is 885. The first-order valence-electron chi connectivity index (χ1n) is 5.83. The van der Waals surface area contributed by atoms with E-state index in [-0.39, 0.29) is 5.82 Å². The molecule has 0 saturated heterocycles. The molecule has 0 unspecified atom stereocenters. The minimum atomic E-state index is -0.344. The molecule has 1 heterocycles. The third kappa shape index (κ3) is 2.20. The molecule has 0 aliphatic heterocycles. The van der Waals surface area contributed by atoms with E-state index in [2.05, 4.69) is 20.9 Å². The molecule has 1 aromatic heterocycles. The van der Waals surface area contributed by atoms with E-state index in [0.717, 1.165) is 16.8 Å². The second kappa shape index (κ2) is 4.98. The molecule has 6 heteroatoms. The number of H-pyrrole nitrogens is 1. The molecule has 2 aromatic carbocycles. The smallest absolute Gasteiger partial charge is 0.182 e. The number of fused-ring (bicyclic) bond motifs is 1. The van der Waals surface area contributed by atoms with E-state index in [4.69, 9.17) is 23.8 Å². The Labute approximate surface area is 133 Å². The van der Waals surface area contributed by atoms with Crippen molar-refractivity contribution in [2.24, 2.45) is 0 Å². The Morgan fingerprint density at radius 3 is 2.75 bits per heavy atom. The highest BCUT2D eigenvalue weighted by Gasteiger charge is 2.12. The van der Waals surface area contributed by atoms with Crippen molar-refractivity contribution in [3.05, 3.63) is 56.0 Å². The van der Waals surface area contributed by atoms with Gasteiger partial charge in [-0.05, 0) is 58.8 Å². The van der Waals surface area contributed by atoms with Crippen LogP contribution < -0.4 is 0 Å². The number of imidazole rings is 1. The number of aromatic nitrogens is 2. The molecule has 20 heavy (non-hydrogen) atoms. The van der Waals surface area contributed by atoms with E-state index in [1.165, 1.54) is 6.07 Å². The fraction of sp³-hybridized carbons (Fsp3) is 0.0714. The van der Waals surface area contributed by atoms with Crippen molar-refractivity contribution in [2.75, 3.05) is 0 Å². The van der Waals surface area contributed by atoms with E-state index in [9.17, 15) is 4.39 Å². The maximum atomic E-state index is 13.8. The standard InChI is InChI=1S/C14H9BrClFN2S/c1-7-2-3-12(9(16)4-7)19-13-6-10(17)8(15)5-11(13)18-14(19)20/h2-6H,1H3,(H,18,20).